The summed E-state index contributed by atoms with van der Waals surface area (Å²) in [5, 5.41) is 2.56. The lowest BCUT2D eigenvalue weighted by Crippen LogP contribution is -2.35. The molecule has 1 aliphatic heterocycles. The number of ether oxygens (including phenoxy) is 3. The number of amides is 1. The van der Waals surface area contributed by atoms with E-state index >= 15 is 0 Å². The van der Waals surface area contributed by atoms with Crippen molar-refractivity contribution in [3.05, 3.63) is 54.1 Å². The lowest BCUT2D eigenvalue weighted by molar-refractivity contribution is -0.142. The van der Waals surface area contributed by atoms with E-state index in [1.807, 2.05) is 0 Å². The molecule has 1 fully saturated rings. The van der Waals surface area contributed by atoms with E-state index in [2.05, 4.69) is 5.32 Å². The van der Waals surface area contributed by atoms with Crippen LogP contribution in [0.3, 0.4) is 0 Å². The van der Waals surface area contributed by atoms with Gasteiger partial charge >= 0.3 is 5.97 Å². The van der Waals surface area contributed by atoms with Crippen molar-refractivity contribution < 1.29 is 32.2 Å². The van der Waals surface area contributed by atoms with Gasteiger partial charge in [0.15, 0.2) is 6.61 Å². The third-order valence-corrected chi connectivity index (χ3v) is 7.14. The zero-order valence-electron chi connectivity index (χ0n) is 19.2. The highest BCUT2D eigenvalue weighted by molar-refractivity contribution is 7.89. The van der Waals surface area contributed by atoms with Gasteiger partial charge < -0.3 is 19.5 Å². The molecule has 9 nitrogen and oxygen atoms in total. The molecular formula is C24H28N2O7S. The second-order valence-electron chi connectivity index (χ2n) is 7.59. The molecule has 0 bridgehead atoms. The third kappa shape index (κ3) is 6.58. The zero-order chi connectivity index (χ0) is 24.6. The fourth-order valence-electron chi connectivity index (χ4n) is 3.48. The van der Waals surface area contributed by atoms with Crippen LogP contribution in [0.4, 0.5) is 5.69 Å². The van der Waals surface area contributed by atoms with Gasteiger partial charge in [-0.3, -0.25) is 4.79 Å². The fourth-order valence-corrected chi connectivity index (χ4v) is 5.02. The number of anilines is 1. The van der Waals surface area contributed by atoms with E-state index in [1.165, 1.54) is 35.7 Å². The summed E-state index contributed by atoms with van der Waals surface area (Å²) in [5.74, 6) is -0.399. The van der Waals surface area contributed by atoms with Crippen LogP contribution in [0.5, 0.6) is 11.5 Å². The molecule has 0 spiro atoms. The number of benzene rings is 2. The smallest absolute Gasteiger partial charge is 0.331 e. The van der Waals surface area contributed by atoms with Crippen molar-refractivity contribution in [3.8, 4) is 11.5 Å². The SMILES string of the molecule is COc1cccc(/C=C/C(=O)OCC(=O)Nc2cc(S(=O)(=O)N3CCCCC3)ccc2OC)c1. The molecule has 0 unspecified atom stereocenters. The summed E-state index contributed by atoms with van der Waals surface area (Å²) in [6, 6.07) is 11.4. The number of carbonyl (C=O) groups excluding carboxylic acids is 2. The van der Waals surface area contributed by atoms with Gasteiger partial charge in [-0.1, -0.05) is 18.6 Å². The first-order valence-corrected chi connectivity index (χ1v) is 12.2. The lowest BCUT2D eigenvalue weighted by Gasteiger charge is -2.26. The Hall–Kier alpha value is -3.37. The molecule has 1 amide bonds. The summed E-state index contributed by atoms with van der Waals surface area (Å²) in [6.45, 7) is 0.387. The van der Waals surface area contributed by atoms with E-state index in [9.17, 15) is 18.0 Å². The summed E-state index contributed by atoms with van der Waals surface area (Å²) >= 11 is 0. The molecule has 182 valence electrons. The molecule has 0 atom stereocenters. The number of nitrogens with zero attached hydrogens (tertiary/aromatic N) is 1. The van der Waals surface area contributed by atoms with Gasteiger partial charge in [0.2, 0.25) is 10.0 Å². The minimum Gasteiger partial charge on any atom is -0.497 e. The Labute approximate surface area is 199 Å². The Bertz CT molecular complexity index is 1160. The minimum absolute atomic E-state index is 0.0590. The van der Waals surface area contributed by atoms with E-state index in [1.54, 1.807) is 37.5 Å². The summed E-state index contributed by atoms with van der Waals surface area (Å²) in [4.78, 5) is 24.4. The number of hydrogen-bond acceptors (Lipinski definition) is 7. The molecule has 0 aliphatic carbocycles. The average Bonchev–Trinajstić information content (AvgIpc) is 2.86. The van der Waals surface area contributed by atoms with Gasteiger partial charge in [0, 0.05) is 19.2 Å². The van der Waals surface area contributed by atoms with Gasteiger partial charge in [-0.05, 0) is 54.8 Å². The van der Waals surface area contributed by atoms with E-state index in [0.29, 0.717) is 18.8 Å². The maximum atomic E-state index is 13.0. The third-order valence-electron chi connectivity index (χ3n) is 5.25. The Balaban J connectivity index is 1.62. The molecule has 1 saturated heterocycles. The number of sulfonamides is 1. The average molecular weight is 489 g/mol. The van der Waals surface area contributed by atoms with Gasteiger partial charge in [-0.2, -0.15) is 4.31 Å². The molecular weight excluding hydrogens is 460 g/mol. The first-order chi connectivity index (χ1) is 16.3. The van der Waals surface area contributed by atoms with Crippen LogP contribution >= 0.6 is 0 Å². The lowest BCUT2D eigenvalue weighted by atomic mass is 10.2. The van der Waals surface area contributed by atoms with E-state index < -0.39 is 28.5 Å². The van der Waals surface area contributed by atoms with Gasteiger partial charge in [0.1, 0.15) is 11.5 Å². The van der Waals surface area contributed by atoms with E-state index in [-0.39, 0.29) is 16.3 Å². The van der Waals surface area contributed by atoms with E-state index in [0.717, 1.165) is 24.8 Å². The molecule has 10 heteroatoms. The van der Waals surface area contributed by atoms with Crippen molar-refractivity contribution >= 4 is 33.7 Å². The largest absolute Gasteiger partial charge is 0.497 e. The predicted octanol–water partition coefficient (Wildman–Crippen LogP) is 3.07. The summed E-state index contributed by atoms with van der Waals surface area (Å²) in [7, 11) is -0.732. The summed E-state index contributed by atoms with van der Waals surface area (Å²) in [6.07, 6.45) is 5.38. The monoisotopic (exact) mass is 488 g/mol. The number of rotatable bonds is 9. The molecule has 3 rings (SSSR count). The Morgan fingerprint density at radius 1 is 1.03 bits per heavy atom. The first kappa shape index (κ1) is 25.3. The quantitative estimate of drug-likeness (QED) is 0.427. The maximum Gasteiger partial charge on any atom is 0.331 e. The molecule has 0 aromatic heterocycles. The maximum absolute atomic E-state index is 13.0. The first-order valence-electron chi connectivity index (χ1n) is 10.8. The van der Waals surface area contributed by atoms with Crippen LogP contribution in [0.25, 0.3) is 6.08 Å². The number of carbonyl (C=O) groups is 2. The highest BCUT2D eigenvalue weighted by atomic mass is 32.2. The van der Waals surface area contributed by atoms with Gasteiger partial charge in [0.25, 0.3) is 5.91 Å². The van der Waals surface area contributed by atoms with Crippen LogP contribution < -0.4 is 14.8 Å². The van der Waals surface area contributed by atoms with Gasteiger partial charge in [-0.15, -0.1) is 0 Å². The molecule has 0 radical (unpaired) electrons. The molecule has 2 aromatic carbocycles. The van der Waals surface area contributed by atoms with Crippen molar-refractivity contribution in [2.24, 2.45) is 0 Å². The second-order valence-corrected chi connectivity index (χ2v) is 9.53. The van der Waals surface area contributed by atoms with Crippen LogP contribution in [0, 0.1) is 0 Å². The van der Waals surface area contributed by atoms with Crippen LogP contribution in [-0.2, 0) is 24.3 Å². The zero-order valence-corrected chi connectivity index (χ0v) is 20.0. The predicted molar refractivity (Wildman–Crippen MR) is 127 cm³/mol. The van der Waals surface area contributed by atoms with Gasteiger partial charge in [-0.25, -0.2) is 13.2 Å². The fraction of sp³-hybridized carbons (Fsp3) is 0.333. The van der Waals surface area contributed by atoms with Crippen LogP contribution in [0.2, 0.25) is 0 Å². The van der Waals surface area contributed by atoms with Crippen molar-refractivity contribution in [1.82, 2.24) is 4.31 Å². The standard InChI is InChI=1S/C24H28N2O7S/c1-31-19-8-6-7-18(15-19)9-12-24(28)33-17-23(27)25-21-16-20(10-11-22(21)32-2)34(29,30)26-13-4-3-5-14-26/h6-12,15-16H,3-5,13-14,17H2,1-2H3,(H,25,27)/b12-9+. The topological polar surface area (TPSA) is 111 Å². The molecule has 1 N–H and O–H groups in total. The Morgan fingerprint density at radius 3 is 2.50 bits per heavy atom. The van der Waals surface area contributed by atoms with Crippen molar-refractivity contribution in [1.29, 1.82) is 0 Å². The van der Waals surface area contributed by atoms with E-state index in [4.69, 9.17) is 14.2 Å². The molecule has 2 aromatic rings. The Kier molecular flexibility index (Phi) is 8.67. The van der Waals surface area contributed by atoms with Crippen LogP contribution in [-0.4, -0.2) is 58.5 Å². The van der Waals surface area contributed by atoms with Crippen molar-refractivity contribution in [2.45, 2.75) is 24.2 Å². The van der Waals surface area contributed by atoms with Crippen LogP contribution in [0.1, 0.15) is 24.8 Å². The van der Waals surface area contributed by atoms with Crippen LogP contribution in [0.15, 0.2) is 53.4 Å². The minimum atomic E-state index is -3.69. The number of nitrogens with one attached hydrogen (secondary N) is 1. The van der Waals surface area contributed by atoms with Crippen molar-refractivity contribution in [2.75, 3.05) is 39.2 Å². The highest BCUT2D eigenvalue weighted by Gasteiger charge is 2.27. The summed E-state index contributed by atoms with van der Waals surface area (Å²) in [5.41, 5.74) is 0.908. The molecule has 1 heterocycles. The normalized spacial score (nSPS) is 14.5. The molecule has 0 saturated carbocycles. The van der Waals surface area contributed by atoms with Gasteiger partial charge in [0.05, 0.1) is 24.8 Å². The second kappa shape index (κ2) is 11.7. The number of methoxy groups -OCH3 is 2. The Morgan fingerprint density at radius 2 is 1.79 bits per heavy atom. The van der Waals surface area contributed by atoms with Crippen molar-refractivity contribution in [3.63, 3.8) is 0 Å². The number of piperidine rings is 1. The molecule has 1 aliphatic rings. The number of hydrogen-bond donors (Lipinski definition) is 1. The number of esters is 1. The highest BCUT2D eigenvalue weighted by Crippen LogP contribution is 2.30. The molecule has 34 heavy (non-hydrogen) atoms. The summed E-state index contributed by atoms with van der Waals surface area (Å²) < 4.78 is 42.7.